The largest absolute Gasteiger partial charge is 0.506 e. The average Bonchev–Trinajstić information content (AvgIpc) is 2.52. The van der Waals surface area contributed by atoms with Gasteiger partial charge in [0, 0.05) is 5.39 Å². The molecule has 0 aliphatic rings. The summed E-state index contributed by atoms with van der Waals surface area (Å²) in [6.45, 7) is 0. The van der Waals surface area contributed by atoms with Crippen molar-refractivity contribution in [2.24, 2.45) is 10.2 Å². The van der Waals surface area contributed by atoms with E-state index in [0.717, 1.165) is 18.2 Å². The zero-order valence-electron chi connectivity index (χ0n) is 12.4. The summed E-state index contributed by atoms with van der Waals surface area (Å²) < 4.78 is 65.6. The van der Waals surface area contributed by atoms with Gasteiger partial charge in [0.25, 0.3) is 0 Å². The number of phenols is 1. The van der Waals surface area contributed by atoms with Crippen LogP contribution in [0.1, 0.15) is 0 Å². The first-order valence-corrected chi connectivity index (χ1v) is 8.86. The lowest BCUT2D eigenvalue weighted by Crippen LogP contribution is -2.05. The number of halogens is 5. The van der Waals surface area contributed by atoms with Crippen molar-refractivity contribution in [2.45, 2.75) is 4.90 Å². The van der Waals surface area contributed by atoms with E-state index in [4.69, 9.17) is 0 Å². The average molecular weight is 374 g/mol. The molecule has 3 aromatic carbocycles. The molecule has 0 amide bonds. The fourth-order valence-electron chi connectivity index (χ4n) is 2.32. The Balaban J connectivity index is 2.17. The smallest absolute Gasteiger partial charge is 0.312 e. The quantitative estimate of drug-likeness (QED) is 0.372. The molecule has 0 unspecified atom stereocenters. The third kappa shape index (κ3) is 3.55. The van der Waals surface area contributed by atoms with Gasteiger partial charge in [-0.2, -0.15) is 0 Å². The number of aromatic hydroxyl groups is 1. The zero-order chi connectivity index (χ0) is 18.4. The lowest BCUT2D eigenvalue weighted by atomic mass is 10.1. The molecule has 0 aromatic heterocycles. The van der Waals surface area contributed by atoms with Crippen LogP contribution in [0.3, 0.4) is 0 Å². The number of nitrogens with zero attached hydrogens (tertiary/aromatic N) is 2. The van der Waals surface area contributed by atoms with E-state index >= 15 is 0 Å². The van der Waals surface area contributed by atoms with Gasteiger partial charge < -0.3 is 5.11 Å². The van der Waals surface area contributed by atoms with Crippen molar-refractivity contribution >= 4 is 32.4 Å². The zero-order valence-corrected chi connectivity index (χ0v) is 13.2. The minimum Gasteiger partial charge on any atom is -0.506 e. The van der Waals surface area contributed by atoms with Crippen molar-refractivity contribution in [3.05, 3.63) is 60.7 Å². The van der Waals surface area contributed by atoms with Crippen LogP contribution < -0.4 is 0 Å². The fraction of sp³-hybridized carbons (Fsp3) is 0. The maximum Gasteiger partial charge on any atom is 0.312 e. The summed E-state index contributed by atoms with van der Waals surface area (Å²) in [5.74, 6) is -0.327. The highest BCUT2D eigenvalue weighted by molar-refractivity contribution is 8.45. The first kappa shape index (κ1) is 17.2. The topological polar surface area (TPSA) is 45.0 Å². The molecule has 3 rings (SSSR count). The highest BCUT2D eigenvalue weighted by atomic mass is 32.5. The van der Waals surface area contributed by atoms with Gasteiger partial charge in [-0.3, -0.25) is 0 Å². The summed E-state index contributed by atoms with van der Waals surface area (Å²) in [5, 5.41) is 17.9. The van der Waals surface area contributed by atoms with E-state index in [9.17, 15) is 24.5 Å². The van der Waals surface area contributed by atoms with Gasteiger partial charge in [-0.05, 0) is 23.6 Å². The van der Waals surface area contributed by atoms with E-state index < -0.39 is 20.8 Å². The predicted octanol–water partition coefficient (Wildman–Crippen LogP) is 7.62. The normalized spacial score (nSPS) is 15.2. The molecule has 0 radical (unpaired) electrons. The predicted molar refractivity (Wildman–Crippen MR) is 87.6 cm³/mol. The first-order valence-electron chi connectivity index (χ1n) is 6.91. The molecule has 0 saturated carbocycles. The van der Waals surface area contributed by atoms with Gasteiger partial charge in [0.15, 0.2) is 0 Å². The molecule has 3 aromatic rings. The Hall–Kier alpha value is -2.68. The minimum atomic E-state index is -9.92. The van der Waals surface area contributed by atoms with E-state index in [0.29, 0.717) is 10.8 Å². The lowest BCUT2D eigenvalue weighted by Gasteiger charge is -2.40. The summed E-state index contributed by atoms with van der Waals surface area (Å²) in [7, 11) is -9.92. The maximum atomic E-state index is 13.1. The lowest BCUT2D eigenvalue weighted by molar-refractivity contribution is 0.364. The van der Waals surface area contributed by atoms with Gasteiger partial charge in [0.2, 0.25) is 0 Å². The van der Waals surface area contributed by atoms with Gasteiger partial charge in [0.1, 0.15) is 22.0 Å². The van der Waals surface area contributed by atoms with Crippen molar-refractivity contribution in [1.82, 2.24) is 0 Å². The van der Waals surface area contributed by atoms with Crippen molar-refractivity contribution in [3.8, 4) is 5.75 Å². The van der Waals surface area contributed by atoms with Crippen LogP contribution in [-0.4, -0.2) is 5.11 Å². The molecule has 0 fully saturated rings. The Kier molecular flexibility index (Phi) is 3.37. The molecule has 0 bridgehead atoms. The van der Waals surface area contributed by atoms with Crippen LogP contribution in [0.5, 0.6) is 5.75 Å². The molecule has 0 spiro atoms. The molecule has 3 nitrogen and oxygen atoms in total. The van der Waals surface area contributed by atoms with Crippen molar-refractivity contribution in [2.75, 3.05) is 0 Å². The molecular weight excluding hydrogens is 363 g/mol. The first-order chi connectivity index (χ1) is 11.5. The molecule has 132 valence electrons. The van der Waals surface area contributed by atoms with E-state index in [-0.39, 0.29) is 17.5 Å². The van der Waals surface area contributed by atoms with Gasteiger partial charge in [-0.15, -0.1) is 10.2 Å². The van der Waals surface area contributed by atoms with Gasteiger partial charge in [-0.25, -0.2) is 0 Å². The number of phenolic OH excluding ortho intramolecular Hbond substituents is 1. The molecule has 0 saturated heterocycles. The van der Waals surface area contributed by atoms with Crippen LogP contribution in [0.4, 0.5) is 30.8 Å². The number of rotatable bonds is 3. The van der Waals surface area contributed by atoms with Crippen molar-refractivity contribution in [1.29, 1.82) is 0 Å². The van der Waals surface area contributed by atoms with Crippen LogP contribution in [0.2, 0.25) is 0 Å². The Morgan fingerprint density at radius 2 is 1.36 bits per heavy atom. The summed E-state index contributed by atoms with van der Waals surface area (Å²) >= 11 is 0. The summed E-state index contributed by atoms with van der Waals surface area (Å²) in [6, 6.07) is 12.6. The second kappa shape index (κ2) is 4.92. The molecular formula is C16H11F5N2OS. The second-order valence-corrected chi connectivity index (χ2v) is 7.67. The Morgan fingerprint density at radius 3 is 2.08 bits per heavy atom. The monoisotopic (exact) mass is 374 g/mol. The minimum absolute atomic E-state index is 0.102. The Morgan fingerprint density at radius 1 is 0.720 bits per heavy atom. The van der Waals surface area contributed by atoms with E-state index in [1.54, 1.807) is 30.3 Å². The summed E-state index contributed by atoms with van der Waals surface area (Å²) in [5.41, 5.74) is -1.12. The third-order valence-corrected chi connectivity index (χ3v) is 4.59. The number of hydrogen-bond donors (Lipinski definition) is 1. The molecule has 9 heteroatoms. The van der Waals surface area contributed by atoms with Crippen LogP contribution >= 0.6 is 10.2 Å². The molecule has 25 heavy (non-hydrogen) atoms. The van der Waals surface area contributed by atoms with Crippen LogP contribution in [0, 0.1) is 0 Å². The molecule has 1 N–H and O–H groups in total. The van der Waals surface area contributed by atoms with Crippen molar-refractivity contribution < 1.29 is 24.5 Å². The molecule has 0 heterocycles. The number of azo groups is 1. The highest BCUT2D eigenvalue weighted by Gasteiger charge is 2.66. The molecule has 0 aliphatic heterocycles. The van der Waals surface area contributed by atoms with E-state index in [1.165, 1.54) is 6.07 Å². The van der Waals surface area contributed by atoms with Crippen molar-refractivity contribution in [3.63, 3.8) is 0 Å². The van der Waals surface area contributed by atoms with Crippen LogP contribution in [0.15, 0.2) is 75.8 Å². The third-order valence-electron chi connectivity index (χ3n) is 3.42. The van der Waals surface area contributed by atoms with Gasteiger partial charge in [-0.1, -0.05) is 61.9 Å². The van der Waals surface area contributed by atoms with E-state index in [2.05, 4.69) is 10.2 Å². The Bertz CT molecular complexity index is 1000. The molecule has 0 atom stereocenters. The standard InChI is InChI=1S/C16H11F5N2OS/c17-25(18,19,20,21)15-8-4-3-7-13(15)22-23-16-12-6-2-1-5-11(12)9-10-14(16)24/h1-10,24H/b23-22+. The highest BCUT2D eigenvalue weighted by Crippen LogP contribution is 3.03. The van der Waals surface area contributed by atoms with Crippen LogP contribution in [0.25, 0.3) is 10.8 Å². The van der Waals surface area contributed by atoms with Gasteiger partial charge >= 0.3 is 10.2 Å². The number of benzene rings is 3. The SMILES string of the molecule is Oc1ccc2ccccc2c1/N=N/c1ccccc1S(F)(F)(F)(F)F. The summed E-state index contributed by atoms with van der Waals surface area (Å²) in [4.78, 5) is -2.12. The number of hydrogen-bond acceptors (Lipinski definition) is 3. The Labute approximate surface area is 139 Å². The maximum absolute atomic E-state index is 13.1. The van der Waals surface area contributed by atoms with Crippen LogP contribution in [-0.2, 0) is 0 Å². The second-order valence-electron chi connectivity index (χ2n) is 5.29. The van der Waals surface area contributed by atoms with Gasteiger partial charge in [0.05, 0.1) is 0 Å². The fourth-order valence-corrected chi connectivity index (χ4v) is 3.16. The number of fused-ring (bicyclic) bond motifs is 1. The van der Waals surface area contributed by atoms with E-state index in [1.807, 2.05) is 0 Å². The molecule has 0 aliphatic carbocycles. The summed E-state index contributed by atoms with van der Waals surface area (Å²) in [6.07, 6.45) is 0.